The van der Waals surface area contributed by atoms with Crippen molar-refractivity contribution in [2.75, 3.05) is 0 Å². The number of carbonyl (C=O) groups is 1. The molecule has 0 fully saturated rings. The predicted octanol–water partition coefficient (Wildman–Crippen LogP) is 3.31. The molecule has 0 bridgehead atoms. The summed E-state index contributed by atoms with van der Waals surface area (Å²) in [5, 5.41) is 19.9. The molecule has 0 radical (unpaired) electrons. The number of nitrogens with zero attached hydrogens (tertiary/aromatic N) is 2. The third-order valence-corrected chi connectivity index (χ3v) is 3.04. The fraction of sp³-hybridized carbons (Fsp3) is 0.214. The van der Waals surface area contributed by atoms with Crippen molar-refractivity contribution in [1.82, 2.24) is 4.57 Å². The Hall–Kier alpha value is -2.70. The maximum atomic E-state index is 13.5. The Morgan fingerprint density at radius 1 is 1.38 bits per heavy atom. The highest BCUT2D eigenvalue weighted by atomic mass is 19.1. The minimum Gasteiger partial charge on any atom is -0.477 e. The number of non-ortho nitro benzene ring substituents is 1. The monoisotopic (exact) mass is 292 g/mol. The van der Waals surface area contributed by atoms with Crippen LogP contribution in [-0.2, 0) is 6.54 Å². The van der Waals surface area contributed by atoms with Crippen molar-refractivity contribution < 1.29 is 19.2 Å². The van der Waals surface area contributed by atoms with Crippen molar-refractivity contribution in [3.05, 3.63) is 52.0 Å². The molecule has 110 valence electrons. The molecule has 0 aliphatic carbocycles. The fourth-order valence-corrected chi connectivity index (χ4v) is 2.20. The lowest BCUT2D eigenvalue weighted by molar-refractivity contribution is -0.385. The van der Waals surface area contributed by atoms with Gasteiger partial charge in [0.15, 0.2) is 0 Å². The van der Waals surface area contributed by atoms with Crippen LogP contribution in [0, 0.1) is 15.9 Å². The molecule has 0 saturated carbocycles. The summed E-state index contributed by atoms with van der Waals surface area (Å²) in [6, 6.07) is 6.15. The van der Waals surface area contributed by atoms with Gasteiger partial charge in [-0.1, -0.05) is 6.92 Å². The van der Waals surface area contributed by atoms with Crippen LogP contribution >= 0.6 is 0 Å². The molecule has 2 rings (SSSR count). The molecule has 1 heterocycles. The van der Waals surface area contributed by atoms with Crippen LogP contribution in [0.25, 0.3) is 11.3 Å². The quantitative estimate of drug-likeness (QED) is 0.676. The van der Waals surface area contributed by atoms with Crippen LogP contribution in [0.1, 0.15) is 23.8 Å². The summed E-state index contributed by atoms with van der Waals surface area (Å²) >= 11 is 0. The average molecular weight is 292 g/mol. The Balaban J connectivity index is 2.61. The lowest BCUT2D eigenvalue weighted by Crippen LogP contribution is -2.09. The zero-order chi connectivity index (χ0) is 15.6. The van der Waals surface area contributed by atoms with Gasteiger partial charge in [0.1, 0.15) is 11.5 Å². The first kappa shape index (κ1) is 14.7. The number of hydrogen-bond donors (Lipinski definition) is 1. The average Bonchev–Trinajstić information content (AvgIpc) is 2.82. The topological polar surface area (TPSA) is 85.4 Å². The van der Waals surface area contributed by atoms with E-state index in [1.165, 1.54) is 22.8 Å². The lowest BCUT2D eigenvalue weighted by atomic mass is 10.1. The number of carboxylic acids is 1. The van der Waals surface area contributed by atoms with Gasteiger partial charge in [0.05, 0.1) is 11.0 Å². The minimum atomic E-state index is -1.10. The molecule has 0 spiro atoms. The third kappa shape index (κ3) is 2.91. The summed E-state index contributed by atoms with van der Waals surface area (Å²) in [5.74, 6) is -1.83. The lowest BCUT2D eigenvalue weighted by Gasteiger charge is -2.10. The number of aromatic carboxylic acids is 1. The van der Waals surface area contributed by atoms with Crippen LogP contribution in [0.4, 0.5) is 10.1 Å². The van der Waals surface area contributed by atoms with Gasteiger partial charge in [0, 0.05) is 23.9 Å². The van der Waals surface area contributed by atoms with Gasteiger partial charge in [-0.25, -0.2) is 9.18 Å². The summed E-state index contributed by atoms with van der Waals surface area (Å²) in [5.41, 5.74) is 0.421. The summed E-state index contributed by atoms with van der Waals surface area (Å²) in [6.07, 6.45) is 0.680. The second-order valence-corrected chi connectivity index (χ2v) is 4.52. The number of carboxylic acid groups (broad SMARTS) is 1. The highest BCUT2D eigenvalue weighted by molar-refractivity contribution is 5.87. The van der Waals surface area contributed by atoms with E-state index in [2.05, 4.69) is 0 Å². The zero-order valence-electron chi connectivity index (χ0n) is 11.2. The predicted molar refractivity (Wildman–Crippen MR) is 73.7 cm³/mol. The number of aromatic nitrogens is 1. The van der Waals surface area contributed by atoms with Gasteiger partial charge in [-0.15, -0.1) is 0 Å². The maximum absolute atomic E-state index is 13.5. The minimum absolute atomic E-state index is 0.0683. The molecule has 7 heteroatoms. The fourth-order valence-electron chi connectivity index (χ4n) is 2.20. The van der Waals surface area contributed by atoms with E-state index in [-0.39, 0.29) is 16.9 Å². The molecule has 21 heavy (non-hydrogen) atoms. The summed E-state index contributed by atoms with van der Waals surface area (Å²) < 4.78 is 15.0. The Morgan fingerprint density at radius 3 is 2.67 bits per heavy atom. The van der Waals surface area contributed by atoms with Gasteiger partial charge in [0.25, 0.3) is 5.69 Å². The summed E-state index contributed by atoms with van der Waals surface area (Å²) in [7, 11) is 0. The van der Waals surface area contributed by atoms with E-state index in [0.717, 1.165) is 12.1 Å². The summed E-state index contributed by atoms with van der Waals surface area (Å²) in [4.78, 5) is 21.3. The Labute approximate surface area is 119 Å². The molecular formula is C14H13FN2O4. The Bertz CT molecular complexity index is 709. The Kier molecular flexibility index (Phi) is 4.02. The largest absolute Gasteiger partial charge is 0.477 e. The van der Waals surface area contributed by atoms with Crippen LogP contribution in [0.2, 0.25) is 0 Å². The molecule has 6 nitrogen and oxygen atoms in total. The second kappa shape index (κ2) is 5.74. The van der Waals surface area contributed by atoms with Crippen LogP contribution in [0.15, 0.2) is 30.3 Å². The van der Waals surface area contributed by atoms with Crippen molar-refractivity contribution in [3.8, 4) is 11.3 Å². The van der Waals surface area contributed by atoms with E-state index in [1.807, 2.05) is 6.92 Å². The van der Waals surface area contributed by atoms with Gasteiger partial charge in [-0.05, 0) is 24.6 Å². The van der Waals surface area contributed by atoms with Crippen LogP contribution in [0.5, 0.6) is 0 Å². The van der Waals surface area contributed by atoms with Crippen LogP contribution in [-0.4, -0.2) is 20.6 Å². The van der Waals surface area contributed by atoms with E-state index >= 15 is 0 Å². The molecule has 0 aliphatic rings. The molecule has 1 aromatic carbocycles. The van der Waals surface area contributed by atoms with E-state index < -0.39 is 16.7 Å². The molecule has 2 aromatic rings. The van der Waals surface area contributed by atoms with Crippen LogP contribution in [0.3, 0.4) is 0 Å². The van der Waals surface area contributed by atoms with Gasteiger partial charge in [-0.2, -0.15) is 0 Å². The first-order valence-corrected chi connectivity index (χ1v) is 6.32. The van der Waals surface area contributed by atoms with Gasteiger partial charge >= 0.3 is 5.97 Å². The number of benzene rings is 1. The molecule has 1 N–H and O–H groups in total. The molecule has 0 amide bonds. The highest BCUT2D eigenvalue weighted by Gasteiger charge is 2.17. The number of nitro benzene ring substituents is 1. The molecule has 0 aliphatic heterocycles. The number of rotatable bonds is 5. The van der Waals surface area contributed by atoms with Crippen LogP contribution < -0.4 is 0 Å². The third-order valence-electron chi connectivity index (χ3n) is 3.04. The van der Waals surface area contributed by atoms with Crippen molar-refractivity contribution in [2.45, 2.75) is 19.9 Å². The molecule has 1 aromatic heterocycles. The second-order valence-electron chi connectivity index (χ2n) is 4.52. The van der Waals surface area contributed by atoms with Crippen molar-refractivity contribution in [3.63, 3.8) is 0 Å². The standard InChI is InChI=1S/C14H13FN2O4/c1-2-5-16-12(3-4-13(16)14(18)19)9-6-10(15)8-11(7-9)17(20)21/h3-4,6-8H,2,5H2,1H3,(H,18,19). The molecule has 0 saturated heterocycles. The number of hydrogen-bond acceptors (Lipinski definition) is 3. The van der Waals surface area contributed by atoms with E-state index in [1.54, 1.807) is 0 Å². The maximum Gasteiger partial charge on any atom is 0.352 e. The highest BCUT2D eigenvalue weighted by Crippen LogP contribution is 2.28. The Morgan fingerprint density at radius 2 is 2.10 bits per heavy atom. The van der Waals surface area contributed by atoms with Crippen molar-refractivity contribution >= 4 is 11.7 Å². The number of nitro groups is 1. The van der Waals surface area contributed by atoms with Gasteiger partial charge in [-0.3, -0.25) is 10.1 Å². The first-order chi connectivity index (χ1) is 9.93. The van der Waals surface area contributed by atoms with Gasteiger partial charge < -0.3 is 9.67 Å². The molecular weight excluding hydrogens is 279 g/mol. The normalized spacial score (nSPS) is 10.6. The zero-order valence-corrected chi connectivity index (χ0v) is 11.2. The van der Waals surface area contributed by atoms with Crippen molar-refractivity contribution in [2.24, 2.45) is 0 Å². The van der Waals surface area contributed by atoms with E-state index in [0.29, 0.717) is 18.7 Å². The van der Waals surface area contributed by atoms with Gasteiger partial charge in [0.2, 0.25) is 0 Å². The molecule has 0 unspecified atom stereocenters. The SMILES string of the molecule is CCCn1c(C(=O)O)ccc1-c1cc(F)cc([N+](=O)[O-])c1. The van der Waals surface area contributed by atoms with E-state index in [9.17, 15) is 19.3 Å². The van der Waals surface area contributed by atoms with E-state index in [4.69, 9.17) is 5.11 Å². The smallest absolute Gasteiger partial charge is 0.352 e. The number of halogens is 1. The molecule has 0 atom stereocenters. The first-order valence-electron chi connectivity index (χ1n) is 6.32. The summed E-state index contributed by atoms with van der Waals surface area (Å²) in [6.45, 7) is 2.30. The van der Waals surface area contributed by atoms with Crippen molar-refractivity contribution in [1.29, 1.82) is 0 Å².